The standard InChI is InChI=1S/C21H23N5O2S/c1-3-14-9-11-16(12-10-14)23-21(29)25(2)17-18(22)26(20(28)24-19(17)27)13-15-7-5-4-6-8-15/h4-12H,3,13,22H2,1-2H3,(H,23,29)(H,24,27,28). The molecule has 0 aliphatic rings. The number of aromatic amines is 1. The van der Waals surface area contributed by atoms with Crippen molar-refractivity contribution in [2.75, 3.05) is 23.0 Å². The molecule has 0 amide bonds. The summed E-state index contributed by atoms with van der Waals surface area (Å²) >= 11 is 5.45. The summed E-state index contributed by atoms with van der Waals surface area (Å²) in [4.78, 5) is 28.6. The van der Waals surface area contributed by atoms with Crippen molar-refractivity contribution in [3.63, 3.8) is 0 Å². The first-order valence-electron chi connectivity index (χ1n) is 9.21. The molecule has 0 aliphatic carbocycles. The van der Waals surface area contributed by atoms with Gasteiger partial charge in [0.25, 0.3) is 5.56 Å². The first-order valence-corrected chi connectivity index (χ1v) is 9.61. The molecule has 1 heterocycles. The van der Waals surface area contributed by atoms with Gasteiger partial charge >= 0.3 is 5.69 Å². The number of anilines is 3. The second-order valence-electron chi connectivity index (χ2n) is 6.60. The monoisotopic (exact) mass is 409 g/mol. The van der Waals surface area contributed by atoms with E-state index in [2.05, 4.69) is 17.2 Å². The topological polar surface area (TPSA) is 96.2 Å². The fourth-order valence-corrected chi connectivity index (χ4v) is 3.17. The van der Waals surface area contributed by atoms with E-state index in [0.717, 1.165) is 17.7 Å². The minimum atomic E-state index is -0.593. The van der Waals surface area contributed by atoms with Gasteiger partial charge in [0.15, 0.2) is 10.8 Å². The van der Waals surface area contributed by atoms with E-state index in [1.807, 2.05) is 54.6 Å². The molecule has 0 radical (unpaired) electrons. The molecule has 8 heteroatoms. The number of nitrogens with two attached hydrogens (primary N) is 1. The summed E-state index contributed by atoms with van der Waals surface area (Å²) in [5.41, 5.74) is 8.07. The van der Waals surface area contributed by atoms with Crippen LogP contribution >= 0.6 is 12.2 Å². The first kappa shape index (κ1) is 20.3. The van der Waals surface area contributed by atoms with Gasteiger partial charge in [-0.2, -0.15) is 0 Å². The fourth-order valence-electron chi connectivity index (χ4n) is 2.96. The van der Waals surface area contributed by atoms with Crippen LogP contribution in [0.3, 0.4) is 0 Å². The van der Waals surface area contributed by atoms with Gasteiger partial charge in [-0.25, -0.2) is 4.79 Å². The molecule has 7 nitrogen and oxygen atoms in total. The normalized spacial score (nSPS) is 10.6. The van der Waals surface area contributed by atoms with Crippen LogP contribution in [0.25, 0.3) is 0 Å². The zero-order chi connectivity index (χ0) is 21.0. The minimum absolute atomic E-state index is 0.0515. The summed E-state index contributed by atoms with van der Waals surface area (Å²) in [7, 11) is 1.63. The van der Waals surface area contributed by atoms with Crippen LogP contribution in [-0.4, -0.2) is 21.7 Å². The Kier molecular flexibility index (Phi) is 6.13. The third-order valence-electron chi connectivity index (χ3n) is 4.65. The average Bonchev–Trinajstić information content (AvgIpc) is 2.72. The van der Waals surface area contributed by atoms with Gasteiger partial charge in [0.2, 0.25) is 0 Å². The summed E-state index contributed by atoms with van der Waals surface area (Å²) in [6.45, 7) is 2.32. The first-order chi connectivity index (χ1) is 13.9. The smallest absolute Gasteiger partial charge is 0.330 e. The molecule has 0 unspecified atom stereocenters. The molecule has 0 spiro atoms. The van der Waals surface area contributed by atoms with Crippen LogP contribution in [0.5, 0.6) is 0 Å². The van der Waals surface area contributed by atoms with Crippen LogP contribution in [0.1, 0.15) is 18.1 Å². The van der Waals surface area contributed by atoms with Gasteiger partial charge in [0.1, 0.15) is 5.82 Å². The summed E-state index contributed by atoms with van der Waals surface area (Å²) in [5, 5.41) is 3.38. The van der Waals surface area contributed by atoms with Crippen LogP contribution in [0, 0.1) is 0 Å². The summed E-state index contributed by atoms with van der Waals surface area (Å²) < 4.78 is 1.32. The molecule has 0 atom stereocenters. The fraction of sp³-hybridized carbons (Fsp3) is 0.190. The molecule has 3 aromatic rings. The predicted octanol–water partition coefficient (Wildman–Crippen LogP) is 2.56. The molecule has 1 aromatic heterocycles. The number of nitrogens with zero attached hydrogens (tertiary/aromatic N) is 2. The Hall–Kier alpha value is -3.39. The van der Waals surface area contributed by atoms with E-state index < -0.39 is 11.2 Å². The summed E-state index contributed by atoms with van der Waals surface area (Å²) in [5.74, 6) is 0.0515. The molecule has 0 bridgehead atoms. The van der Waals surface area contributed by atoms with Gasteiger partial charge in [-0.1, -0.05) is 49.4 Å². The zero-order valence-corrected chi connectivity index (χ0v) is 17.1. The number of aromatic nitrogens is 2. The Labute approximate surface area is 173 Å². The maximum Gasteiger partial charge on any atom is 0.330 e. The zero-order valence-electron chi connectivity index (χ0n) is 16.3. The molecular weight excluding hydrogens is 386 g/mol. The molecule has 0 fully saturated rings. The van der Waals surface area contributed by atoms with Gasteiger partial charge in [-0.3, -0.25) is 14.3 Å². The van der Waals surface area contributed by atoms with Gasteiger partial charge in [0, 0.05) is 12.7 Å². The van der Waals surface area contributed by atoms with Gasteiger partial charge < -0.3 is 16.0 Å². The van der Waals surface area contributed by atoms with E-state index in [9.17, 15) is 9.59 Å². The van der Waals surface area contributed by atoms with Crippen LogP contribution in [0.15, 0.2) is 64.2 Å². The van der Waals surface area contributed by atoms with Gasteiger partial charge in [-0.05, 0) is 41.9 Å². The number of nitrogen functional groups attached to an aromatic ring is 1. The number of benzene rings is 2. The summed E-state index contributed by atoms with van der Waals surface area (Å²) in [6.07, 6.45) is 0.944. The molecule has 29 heavy (non-hydrogen) atoms. The lowest BCUT2D eigenvalue weighted by Crippen LogP contribution is -2.40. The number of hydrogen-bond acceptors (Lipinski definition) is 4. The van der Waals surface area contributed by atoms with Crippen LogP contribution < -0.4 is 27.2 Å². The van der Waals surface area contributed by atoms with E-state index in [1.165, 1.54) is 15.0 Å². The molecular formula is C21H23N5O2S. The van der Waals surface area contributed by atoms with Gasteiger partial charge in [0.05, 0.1) is 6.54 Å². The largest absolute Gasteiger partial charge is 0.383 e. The van der Waals surface area contributed by atoms with E-state index >= 15 is 0 Å². The number of rotatable bonds is 5. The Morgan fingerprint density at radius 3 is 2.38 bits per heavy atom. The van der Waals surface area contributed by atoms with Crippen molar-refractivity contribution < 1.29 is 0 Å². The number of H-pyrrole nitrogens is 1. The second-order valence-corrected chi connectivity index (χ2v) is 6.99. The minimum Gasteiger partial charge on any atom is -0.383 e. The molecule has 2 aromatic carbocycles. The predicted molar refractivity (Wildman–Crippen MR) is 122 cm³/mol. The van der Waals surface area contributed by atoms with Crippen molar-refractivity contribution in [1.29, 1.82) is 0 Å². The maximum absolute atomic E-state index is 12.5. The third-order valence-corrected chi connectivity index (χ3v) is 5.03. The Balaban J connectivity index is 1.90. The third kappa shape index (κ3) is 4.55. The van der Waals surface area contributed by atoms with Crippen LogP contribution in [0.2, 0.25) is 0 Å². The highest BCUT2D eigenvalue weighted by atomic mass is 32.1. The number of thiocarbonyl (C=S) groups is 1. The summed E-state index contributed by atoms with van der Waals surface area (Å²) in [6, 6.07) is 17.2. The molecule has 0 saturated heterocycles. The van der Waals surface area contributed by atoms with Crippen molar-refractivity contribution >= 4 is 34.5 Å². The van der Waals surface area contributed by atoms with Crippen molar-refractivity contribution in [2.45, 2.75) is 19.9 Å². The van der Waals surface area contributed by atoms with Crippen molar-refractivity contribution in [3.05, 3.63) is 86.6 Å². The SMILES string of the molecule is CCc1ccc(NC(=S)N(C)c2c(N)n(Cc3ccccc3)c(=O)[nH]c2=O)cc1. The Morgan fingerprint density at radius 2 is 1.76 bits per heavy atom. The van der Waals surface area contributed by atoms with Crippen molar-refractivity contribution in [2.24, 2.45) is 0 Å². The Bertz CT molecular complexity index is 1120. The molecule has 0 aliphatic heterocycles. The lowest BCUT2D eigenvalue weighted by atomic mass is 10.1. The molecule has 4 N–H and O–H groups in total. The van der Waals surface area contributed by atoms with Crippen LogP contribution in [0.4, 0.5) is 17.2 Å². The Morgan fingerprint density at radius 1 is 1.10 bits per heavy atom. The highest BCUT2D eigenvalue weighted by Gasteiger charge is 2.19. The van der Waals surface area contributed by atoms with Crippen molar-refractivity contribution in [1.82, 2.24) is 9.55 Å². The van der Waals surface area contributed by atoms with E-state index in [-0.39, 0.29) is 23.2 Å². The molecule has 150 valence electrons. The highest BCUT2D eigenvalue weighted by molar-refractivity contribution is 7.80. The van der Waals surface area contributed by atoms with E-state index in [4.69, 9.17) is 18.0 Å². The molecule has 0 saturated carbocycles. The van der Waals surface area contributed by atoms with E-state index in [1.54, 1.807) is 7.05 Å². The van der Waals surface area contributed by atoms with Crippen LogP contribution in [-0.2, 0) is 13.0 Å². The maximum atomic E-state index is 12.5. The quantitative estimate of drug-likeness (QED) is 0.561. The molecule has 3 rings (SSSR count). The number of hydrogen-bond donors (Lipinski definition) is 3. The van der Waals surface area contributed by atoms with E-state index in [0.29, 0.717) is 0 Å². The number of nitrogens with one attached hydrogen (secondary N) is 2. The van der Waals surface area contributed by atoms with Gasteiger partial charge in [-0.15, -0.1) is 0 Å². The lowest BCUT2D eigenvalue weighted by molar-refractivity contribution is 0.732. The lowest BCUT2D eigenvalue weighted by Gasteiger charge is -2.23. The van der Waals surface area contributed by atoms with Crippen molar-refractivity contribution in [3.8, 4) is 0 Å². The number of aryl methyl sites for hydroxylation is 1. The second kappa shape index (κ2) is 8.74. The highest BCUT2D eigenvalue weighted by Crippen LogP contribution is 2.18. The average molecular weight is 410 g/mol.